The van der Waals surface area contributed by atoms with Crippen LogP contribution in [0.25, 0.3) is 5.69 Å². The highest BCUT2D eigenvalue weighted by atomic mass is 35.5. The van der Waals surface area contributed by atoms with Crippen molar-refractivity contribution in [2.75, 3.05) is 6.54 Å². The molecule has 7 nitrogen and oxygen atoms in total. The zero-order valence-corrected chi connectivity index (χ0v) is 14.6. The summed E-state index contributed by atoms with van der Waals surface area (Å²) < 4.78 is 1.57. The lowest BCUT2D eigenvalue weighted by Crippen LogP contribution is -2.40. The Morgan fingerprint density at radius 2 is 2.12 bits per heavy atom. The number of para-hydroxylation sites is 1. The molecule has 1 atom stereocenters. The summed E-state index contributed by atoms with van der Waals surface area (Å²) in [5.74, 6) is -0.806. The third kappa shape index (κ3) is 3.37. The molecule has 0 spiro atoms. The maximum atomic E-state index is 12.7. The minimum absolute atomic E-state index is 0.0107. The number of hydrogen-bond donors (Lipinski definition) is 1. The Balaban J connectivity index is 1.98. The van der Waals surface area contributed by atoms with Crippen molar-refractivity contribution in [3.63, 3.8) is 0 Å². The van der Waals surface area contributed by atoms with E-state index < -0.39 is 17.9 Å². The van der Waals surface area contributed by atoms with E-state index in [2.05, 4.69) is 10.1 Å². The van der Waals surface area contributed by atoms with Crippen LogP contribution in [-0.4, -0.2) is 49.2 Å². The summed E-state index contributed by atoms with van der Waals surface area (Å²) >= 11 is 6.25. The van der Waals surface area contributed by atoms with E-state index in [1.807, 2.05) is 19.1 Å². The molecule has 0 aliphatic carbocycles. The van der Waals surface area contributed by atoms with Gasteiger partial charge in [0.1, 0.15) is 11.9 Å². The van der Waals surface area contributed by atoms with Gasteiger partial charge in [0.15, 0.2) is 0 Å². The van der Waals surface area contributed by atoms with Gasteiger partial charge in [-0.1, -0.05) is 30.7 Å². The third-order valence-corrected chi connectivity index (χ3v) is 4.54. The van der Waals surface area contributed by atoms with Crippen molar-refractivity contribution in [1.29, 1.82) is 0 Å². The molecular formula is C17H19ClN4O3. The summed E-state index contributed by atoms with van der Waals surface area (Å²) in [5.41, 5.74) is 0.648. The van der Waals surface area contributed by atoms with Crippen molar-refractivity contribution in [2.24, 2.45) is 0 Å². The maximum absolute atomic E-state index is 12.7. The summed E-state index contributed by atoms with van der Waals surface area (Å²) in [7, 11) is 0. The number of carbonyl (C=O) groups excluding carboxylic acids is 1. The van der Waals surface area contributed by atoms with Crippen LogP contribution in [0.2, 0.25) is 5.02 Å². The molecule has 1 saturated heterocycles. The van der Waals surface area contributed by atoms with Crippen LogP contribution in [0.1, 0.15) is 42.6 Å². The zero-order chi connectivity index (χ0) is 18.0. The van der Waals surface area contributed by atoms with Gasteiger partial charge >= 0.3 is 5.97 Å². The molecule has 1 fully saturated rings. The van der Waals surface area contributed by atoms with Gasteiger partial charge in [0.05, 0.1) is 10.7 Å². The molecule has 0 radical (unpaired) electrons. The summed E-state index contributed by atoms with van der Waals surface area (Å²) in [6.45, 7) is 2.41. The van der Waals surface area contributed by atoms with Crippen molar-refractivity contribution in [3.8, 4) is 5.69 Å². The molecule has 25 heavy (non-hydrogen) atoms. The largest absolute Gasteiger partial charge is 0.480 e. The number of aryl methyl sites for hydroxylation is 1. The molecule has 1 amide bonds. The molecule has 1 aromatic carbocycles. The summed E-state index contributed by atoms with van der Waals surface area (Å²) in [5, 5.41) is 14.1. The van der Waals surface area contributed by atoms with Crippen LogP contribution in [0.15, 0.2) is 24.3 Å². The van der Waals surface area contributed by atoms with Gasteiger partial charge < -0.3 is 10.0 Å². The van der Waals surface area contributed by atoms with E-state index in [4.69, 9.17) is 11.6 Å². The number of aliphatic carboxylic acids is 1. The van der Waals surface area contributed by atoms with Crippen LogP contribution in [0, 0.1) is 0 Å². The predicted octanol–water partition coefficient (Wildman–Crippen LogP) is 2.56. The quantitative estimate of drug-likeness (QED) is 0.883. The topological polar surface area (TPSA) is 88.3 Å². The molecule has 1 N–H and O–H groups in total. The Morgan fingerprint density at radius 1 is 1.36 bits per heavy atom. The second kappa shape index (κ2) is 7.23. The fraction of sp³-hybridized carbons (Fsp3) is 0.412. The third-order valence-electron chi connectivity index (χ3n) is 4.22. The molecule has 0 saturated carbocycles. The number of benzene rings is 1. The first-order valence-electron chi connectivity index (χ1n) is 8.27. The number of amides is 1. The van der Waals surface area contributed by atoms with E-state index in [1.54, 1.807) is 16.8 Å². The number of aromatic nitrogens is 3. The maximum Gasteiger partial charge on any atom is 0.326 e. The van der Waals surface area contributed by atoms with Gasteiger partial charge in [0.2, 0.25) is 5.82 Å². The van der Waals surface area contributed by atoms with Crippen molar-refractivity contribution < 1.29 is 14.7 Å². The first kappa shape index (κ1) is 17.4. The van der Waals surface area contributed by atoms with Crippen LogP contribution in [0.3, 0.4) is 0 Å². The van der Waals surface area contributed by atoms with Gasteiger partial charge in [-0.3, -0.25) is 4.79 Å². The molecule has 8 heteroatoms. The van der Waals surface area contributed by atoms with Gasteiger partial charge in [0, 0.05) is 13.0 Å². The van der Waals surface area contributed by atoms with Crippen molar-refractivity contribution in [3.05, 3.63) is 40.9 Å². The number of hydrogen-bond acceptors (Lipinski definition) is 4. The SMILES string of the molecule is CCCc1nc(C(=O)N2CCC[C@H]2C(=O)O)nn1-c1ccccc1Cl. The van der Waals surface area contributed by atoms with E-state index >= 15 is 0 Å². The monoisotopic (exact) mass is 362 g/mol. The Hall–Kier alpha value is -2.41. The van der Waals surface area contributed by atoms with Crippen LogP contribution >= 0.6 is 11.6 Å². The highest BCUT2D eigenvalue weighted by Crippen LogP contribution is 2.23. The van der Waals surface area contributed by atoms with E-state index in [9.17, 15) is 14.7 Å². The Kier molecular flexibility index (Phi) is 5.03. The highest BCUT2D eigenvalue weighted by Gasteiger charge is 2.36. The van der Waals surface area contributed by atoms with Gasteiger partial charge in [-0.05, 0) is 31.4 Å². The minimum Gasteiger partial charge on any atom is -0.480 e. The normalized spacial score (nSPS) is 17.0. The number of carboxylic acid groups (broad SMARTS) is 1. The molecule has 3 rings (SSSR count). The Bertz CT molecular complexity index is 805. The number of carbonyl (C=O) groups is 2. The van der Waals surface area contributed by atoms with E-state index in [0.29, 0.717) is 42.3 Å². The number of rotatable bonds is 5. The second-order valence-corrected chi connectivity index (χ2v) is 6.37. The number of likely N-dealkylation sites (tertiary alicyclic amines) is 1. The fourth-order valence-corrected chi connectivity index (χ4v) is 3.25. The van der Waals surface area contributed by atoms with Gasteiger partial charge in [-0.15, -0.1) is 5.10 Å². The average molecular weight is 363 g/mol. The fourth-order valence-electron chi connectivity index (χ4n) is 3.03. The van der Waals surface area contributed by atoms with E-state index in [0.717, 1.165) is 6.42 Å². The molecule has 2 heterocycles. The molecule has 2 aromatic rings. The molecule has 0 unspecified atom stereocenters. The molecule has 1 aliphatic heterocycles. The van der Waals surface area contributed by atoms with Crippen molar-refractivity contribution >= 4 is 23.5 Å². The Labute approximate surface area is 150 Å². The predicted molar refractivity (Wildman–Crippen MR) is 92.1 cm³/mol. The standard InChI is InChI=1S/C17H19ClN4O3/c1-2-6-14-19-15(16(23)21-10-5-9-13(21)17(24)25)20-22(14)12-8-4-3-7-11(12)18/h3-4,7-8,13H,2,5-6,9-10H2,1H3,(H,24,25)/t13-/m0/s1. The lowest BCUT2D eigenvalue weighted by molar-refractivity contribution is -0.141. The average Bonchev–Trinajstić information content (AvgIpc) is 3.22. The number of halogens is 1. The van der Waals surface area contributed by atoms with Gasteiger partial charge in [-0.2, -0.15) is 0 Å². The first-order chi connectivity index (χ1) is 12.0. The summed E-state index contributed by atoms with van der Waals surface area (Å²) in [4.78, 5) is 29.8. The molecule has 1 aliphatic rings. The molecule has 0 bridgehead atoms. The Morgan fingerprint density at radius 3 is 2.80 bits per heavy atom. The summed E-state index contributed by atoms with van der Waals surface area (Å²) in [6, 6.07) is 6.39. The molecule has 132 valence electrons. The lowest BCUT2D eigenvalue weighted by Gasteiger charge is -2.19. The smallest absolute Gasteiger partial charge is 0.326 e. The summed E-state index contributed by atoms with van der Waals surface area (Å²) in [6.07, 6.45) is 2.58. The zero-order valence-electron chi connectivity index (χ0n) is 13.9. The van der Waals surface area contributed by atoms with E-state index in [-0.39, 0.29) is 5.82 Å². The van der Waals surface area contributed by atoms with Crippen LogP contribution < -0.4 is 0 Å². The lowest BCUT2D eigenvalue weighted by atomic mass is 10.2. The second-order valence-electron chi connectivity index (χ2n) is 5.96. The van der Waals surface area contributed by atoms with Gasteiger partial charge in [-0.25, -0.2) is 14.5 Å². The van der Waals surface area contributed by atoms with Crippen LogP contribution in [0.4, 0.5) is 0 Å². The van der Waals surface area contributed by atoms with Crippen LogP contribution in [-0.2, 0) is 11.2 Å². The number of carboxylic acids is 1. The highest BCUT2D eigenvalue weighted by molar-refractivity contribution is 6.32. The molecule has 1 aromatic heterocycles. The van der Waals surface area contributed by atoms with E-state index in [1.165, 1.54) is 4.90 Å². The minimum atomic E-state index is -0.995. The first-order valence-corrected chi connectivity index (χ1v) is 8.65. The number of nitrogens with zero attached hydrogens (tertiary/aromatic N) is 4. The van der Waals surface area contributed by atoms with Crippen molar-refractivity contribution in [1.82, 2.24) is 19.7 Å². The van der Waals surface area contributed by atoms with Crippen molar-refractivity contribution in [2.45, 2.75) is 38.6 Å². The molecular weight excluding hydrogens is 344 g/mol. The van der Waals surface area contributed by atoms with Crippen LogP contribution in [0.5, 0.6) is 0 Å². The van der Waals surface area contributed by atoms with Gasteiger partial charge in [0.25, 0.3) is 5.91 Å².